The lowest BCUT2D eigenvalue weighted by Gasteiger charge is -2.39. The third-order valence-corrected chi connectivity index (χ3v) is 4.28. The Bertz CT molecular complexity index is 857. The average molecular weight is 471 g/mol. The van der Waals surface area contributed by atoms with E-state index in [1.165, 1.54) is 12.3 Å². The molecule has 2 rings (SSSR count). The molecule has 1 aromatic heterocycles. The largest absolute Gasteiger partial charge is 0.435 e. The fourth-order valence-electron chi connectivity index (χ4n) is 2.05. The normalized spacial score (nSPS) is 16.0. The van der Waals surface area contributed by atoms with Gasteiger partial charge in [0, 0.05) is 6.20 Å². The topological polar surface area (TPSA) is 51.5 Å². The highest BCUT2D eigenvalue weighted by molar-refractivity contribution is 9.10. The Kier molecular flexibility index (Phi) is 4.69. The van der Waals surface area contributed by atoms with Crippen LogP contribution in [0.5, 0.6) is 5.75 Å². The molecule has 25 heavy (non-hydrogen) atoms. The summed E-state index contributed by atoms with van der Waals surface area (Å²) in [5, 5.41) is 9.71. The van der Waals surface area contributed by atoms with Gasteiger partial charge in [-0.05, 0) is 39.7 Å². The molecule has 2 aromatic rings. The number of nitrogens with zero attached hydrogens (tertiary/aromatic N) is 1. The fraction of sp³-hybridized carbons (Fsp3) is 0.154. The molecule has 0 aliphatic heterocycles. The van der Waals surface area contributed by atoms with Gasteiger partial charge in [-0.1, -0.05) is 43.2 Å². The van der Waals surface area contributed by atoms with E-state index in [4.69, 9.17) is 11.6 Å². The summed E-state index contributed by atoms with van der Waals surface area (Å²) in [6.45, 7) is -0.589. The van der Waals surface area contributed by atoms with Crippen LogP contribution in [0.15, 0.2) is 45.8 Å². The van der Waals surface area contributed by atoms with Crippen molar-refractivity contribution < 1.29 is 28.7 Å². The van der Waals surface area contributed by atoms with Gasteiger partial charge in [-0.25, -0.2) is 0 Å². The first kappa shape index (κ1) is 20.0. The lowest BCUT2D eigenvalue weighted by Crippen LogP contribution is -2.27. The van der Waals surface area contributed by atoms with Crippen molar-refractivity contribution in [1.82, 2.24) is 4.57 Å². The average Bonchev–Trinajstić information content (AvgIpc) is 2.43. The summed E-state index contributed by atoms with van der Waals surface area (Å²) < 4.78 is 65.6. The Morgan fingerprint density at radius 3 is 2.24 bits per heavy atom. The number of hydrogen-bond acceptors (Lipinski definition) is 3. The molecule has 0 aliphatic carbocycles. The maximum absolute atomic E-state index is 12.3. The third-order valence-electron chi connectivity index (χ3n) is 2.99. The number of pyridine rings is 1. The molecule has 1 unspecified atom stereocenters. The second kappa shape index (κ2) is 5.86. The lowest BCUT2D eigenvalue weighted by atomic mass is 10.1. The van der Waals surface area contributed by atoms with Gasteiger partial charge >= 0.3 is 10.5 Å². The molecule has 0 saturated heterocycles. The number of hydrogen-bond donors (Lipinski definition) is 1. The van der Waals surface area contributed by atoms with Crippen LogP contribution in [0.3, 0.4) is 0 Å². The highest BCUT2D eigenvalue weighted by Gasteiger charge is 2.67. The van der Waals surface area contributed by atoms with Crippen LogP contribution in [0, 0.1) is 0 Å². The molecule has 1 aromatic carbocycles. The standard InChI is InChI=1S/C13H10BrClF5NO3S/c14-11-5-9(15)6-21(13(11)23)12(7-22)8-1-3-10(4-2-8)24-25(16,17,18,19)20/h1-6,12,22H,7H2. The first-order valence-electron chi connectivity index (χ1n) is 6.41. The number of aliphatic hydroxyl groups excluding tert-OH is 1. The van der Waals surface area contributed by atoms with E-state index in [-0.39, 0.29) is 15.1 Å². The molecule has 4 nitrogen and oxygen atoms in total. The second-order valence-corrected chi connectivity index (χ2v) is 8.22. The Labute approximate surface area is 151 Å². The summed E-state index contributed by atoms with van der Waals surface area (Å²) in [6, 6.07) is 3.74. The van der Waals surface area contributed by atoms with E-state index in [2.05, 4.69) is 20.1 Å². The van der Waals surface area contributed by atoms with Gasteiger partial charge in [0.2, 0.25) is 0 Å². The Balaban J connectivity index is 2.40. The molecule has 0 aliphatic rings. The zero-order valence-electron chi connectivity index (χ0n) is 12.0. The van der Waals surface area contributed by atoms with Gasteiger partial charge in [-0.15, -0.1) is 0 Å². The zero-order chi connectivity index (χ0) is 19.1. The molecular formula is C13H10BrClF5NO3S. The first-order chi connectivity index (χ1) is 11.2. The molecule has 0 spiro atoms. The van der Waals surface area contributed by atoms with Crippen molar-refractivity contribution in [1.29, 1.82) is 0 Å². The number of halogens is 7. The van der Waals surface area contributed by atoms with Crippen molar-refractivity contribution in [2.45, 2.75) is 6.04 Å². The van der Waals surface area contributed by atoms with Crippen molar-refractivity contribution in [2.75, 3.05) is 6.61 Å². The summed E-state index contributed by atoms with van der Waals surface area (Å²) >= 11 is 8.84. The highest BCUT2D eigenvalue weighted by atomic mass is 79.9. The van der Waals surface area contributed by atoms with Gasteiger partial charge < -0.3 is 13.9 Å². The SMILES string of the molecule is O=c1c(Br)cc(Cl)cn1C(CO)c1ccc(OS(F)(F)(F)(F)F)cc1. The van der Waals surface area contributed by atoms with E-state index in [9.17, 15) is 29.3 Å². The lowest BCUT2D eigenvalue weighted by molar-refractivity contribution is 0.241. The van der Waals surface area contributed by atoms with Crippen LogP contribution in [-0.4, -0.2) is 16.3 Å². The van der Waals surface area contributed by atoms with E-state index >= 15 is 0 Å². The van der Waals surface area contributed by atoms with E-state index < -0.39 is 34.5 Å². The Hall–Kier alpha value is -1.30. The number of benzene rings is 1. The molecule has 140 valence electrons. The minimum atomic E-state index is -10.1. The van der Waals surface area contributed by atoms with Gasteiger partial charge in [0.25, 0.3) is 5.56 Å². The first-order valence-corrected chi connectivity index (χ1v) is 9.46. The molecular weight excluding hydrogens is 461 g/mol. The van der Waals surface area contributed by atoms with Crippen molar-refractivity contribution in [3.05, 3.63) is 61.9 Å². The zero-order valence-corrected chi connectivity index (χ0v) is 15.2. The molecule has 1 atom stereocenters. The van der Waals surface area contributed by atoms with Crippen LogP contribution in [0.2, 0.25) is 5.02 Å². The minimum Gasteiger partial charge on any atom is -0.394 e. The van der Waals surface area contributed by atoms with Crippen molar-refractivity contribution in [3.63, 3.8) is 0 Å². The van der Waals surface area contributed by atoms with Gasteiger partial charge in [0.1, 0.15) is 5.75 Å². The summed E-state index contributed by atoms with van der Waals surface area (Å²) in [5.74, 6) is -1.11. The van der Waals surface area contributed by atoms with Gasteiger partial charge in [0.05, 0.1) is 22.1 Å². The van der Waals surface area contributed by atoms with Crippen molar-refractivity contribution >= 4 is 38.0 Å². The molecule has 0 radical (unpaired) electrons. The van der Waals surface area contributed by atoms with E-state index in [1.54, 1.807) is 0 Å². The minimum absolute atomic E-state index is 0.110. The fourth-order valence-corrected chi connectivity index (χ4v) is 3.32. The quantitative estimate of drug-likeness (QED) is 0.592. The Morgan fingerprint density at radius 1 is 1.20 bits per heavy atom. The van der Waals surface area contributed by atoms with Crippen LogP contribution >= 0.6 is 38.0 Å². The number of rotatable bonds is 5. The predicted octanol–water partition coefficient (Wildman–Crippen LogP) is 5.44. The molecule has 1 heterocycles. The summed E-state index contributed by atoms with van der Waals surface area (Å²) in [5.41, 5.74) is -0.357. The highest BCUT2D eigenvalue weighted by Crippen LogP contribution is 2.97. The van der Waals surface area contributed by atoms with Crippen LogP contribution in [0.1, 0.15) is 11.6 Å². The molecule has 0 fully saturated rings. The van der Waals surface area contributed by atoms with Crippen LogP contribution < -0.4 is 9.74 Å². The molecule has 0 saturated carbocycles. The third kappa shape index (κ3) is 5.59. The van der Waals surface area contributed by atoms with Gasteiger partial charge in [-0.2, -0.15) is 0 Å². The van der Waals surface area contributed by atoms with Crippen molar-refractivity contribution in [2.24, 2.45) is 0 Å². The number of aliphatic hydroxyl groups is 1. The number of aromatic nitrogens is 1. The smallest absolute Gasteiger partial charge is 0.394 e. The van der Waals surface area contributed by atoms with Gasteiger partial charge in [0.15, 0.2) is 0 Å². The van der Waals surface area contributed by atoms with Crippen molar-refractivity contribution in [3.8, 4) is 5.75 Å². The monoisotopic (exact) mass is 469 g/mol. The molecule has 1 N–H and O–H groups in total. The van der Waals surface area contributed by atoms with Crippen LogP contribution in [0.4, 0.5) is 19.4 Å². The molecule has 0 amide bonds. The van der Waals surface area contributed by atoms with Crippen LogP contribution in [-0.2, 0) is 0 Å². The molecule has 0 bridgehead atoms. The molecule has 12 heteroatoms. The van der Waals surface area contributed by atoms with Gasteiger partial charge in [-0.3, -0.25) is 4.79 Å². The maximum Gasteiger partial charge on any atom is 0.435 e. The predicted molar refractivity (Wildman–Crippen MR) is 88.8 cm³/mol. The second-order valence-electron chi connectivity index (χ2n) is 4.97. The summed E-state index contributed by atoms with van der Waals surface area (Å²) in [4.78, 5) is 12.1. The van der Waals surface area contributed by atoms with Crippen LogP contribution in [0.25, 0.3) is 0 Å². The van der Waals surface area contributed by atoms with E-state index in [1.807, 2.05) is 0 Å². The van der Waals surface area contributed by atoms with E-state index in [0.29, 0.717) is 12.1 Å². The Morgan fingerprint density at radius 2 is 1.76 bits per heavy atom. The summed E-state index contributed by atoms with van der Waals surface area (Å²) in [6.07, 6.45) is 1.23. The maximum atomic E-state index is 12.3. The summed E-state index contributed by atoms with van der Waals surface area (Å²) in [7, 11) is -10.1. The van der Waals surface area contributed by atoms with E-state index in [0.717, 1.165) is 16.7 Å².